The Bertz CT molecular complexity index is 745. The molecule has 0 saturated carbocycles. The van der Waals surface area contributed by atoms with Gasteiger partial charge in [0.2, 0.25) is 0 Å². The van der Waals surface area contributed by atoms with Gasteiger partial charge in [-0.15, -0.1) is 0 Å². The van der Waals surface area contributed by atoms with Gasteiger partial charge >= 0.3 is 0 Å². The number of benzene rings is 1. The molecule has 1 aromatic carbocycles. The molecule has 0 aliphatic rings. The Morgan fingerprint density at radius 3 is 2.46 bits per heavy atom. The van der Waals surface area contributed by atoms with Crippen LogP contribution in [0.25, 0.3) is 5.57 Å². The zero-order valence-electron chi connectivity index (χ0n) is 14.4. The predicted octanol–water partition coefficient (Wildman–Crippen LogP) is 3.12. The maximum Gasteiger partial charge on any atom is 0.178 e. The van der Waals surface area contributed by atoms with Gasteiger partial charge in [0, 0.05) is 24.4 Å². The highest BCUT2D eigenvalue weighted by Crippen LogP contribution is 2.23. The van der Waals surface area contributed by atoms with Crippen LogP contribution in [0.2, 0.25) is 0 Å². The van der Waals surface area contributed by atoms with Crippen LogP contribution in [0.5, 0.6) is 0 Å². The Kier molecular flexibility index (Phi) is 6.92. The predicted molar refractivity (Wildman–Crippen MR) is 99.4 cm³/mol. The number of anilines is 1. The van der Waals surface area contributed by atoms with Gasteiger partial charge in [0.15, 0.2) is 5.78 Å². The van der Waals surface area contributed by atoms with E-state index in [2.05, 4.69) is 22.0 Å². The first-order chi connectivity index (χ1) is 11.3. The molecule has 1 aromatic rings. The summed E-state index contributed by atoms with van der Waals surface area (Å²) in [7, 11) is 0. The van der Waals surface area contributed by atoms with Gasteiger partial charge in [0.25, 0.3) is 0 Å². The fourth-order valence-electron chi connectivity index (χ4n) is 1.87. The number of amidine groups is 1. The van der Waals surface area contributed by atoms with E-state index >= 15 is 0 Å². The molecule has 0 atom stereocenters. The first kappa shape index (κ1) is 19.2. The molecule has 0 aromatic heterocycles. The number of allylic oxidation sites excluding steroid dienone is 1. The molecule has 126 valence electrons. The average Bonchev–Trinajstić information content (AvgIpc) is 2.56. The summed E-state index contributed by atoms with van der Waals surface area (Å²) in [6.07, 6.45) is 1.66. The van der Waals surface area contributed by atoms with Crippen LogP contribution >= 0.6 is 0 Å². The molecule has 0 fully saturated rings. The lowest BCUT2D eigenvalue weighted by Crippen LogP contribution is -2.16. The number of carbonyl (C=O) groups excluding carboxylic acids is 2. The molecule has 0 aliphatic carbocycles. The molecule has 0 radical (unpaired) electrons. The molecular formula is C18H22N4O2. The molecular weight excluding hydrogens is 304 g/mol. The molecule has 6 nitrogen and oxygen atoms in total. The van der Waals surface area contributed by atoms with E-state index < -0.39 is 0 Å². The van der Waals surface area contributed by atoms with Gasteiger partial charge in [-0.1, -0.05) is 6.07 Å². The smallest absolute Gasteiger partial charge is 0.178 e. The third-order valence-electron chi connectivity index (χ3n) is 3.30. The largest absolute Gasteiger partial charge is 0.377 e. The van der Waals surface area contributed by atoms with Crippen LogP contribution in [-0.2, 0) is 9.59 Å². The Hall–Kier alpha value is -2.89. The van der Waals surface area contributed by atoms with Gasteiger partial charge in [-0.2, -0.15) is 0 Å². The number of ketones is 2. The molecule has 2 N–H and O–H groups in total. The quantitative estimate of drug-likeness (QED) is 0.595. The Morgan fingerprint density at radius 1 is 1.25 bits per heavy atom. The normalized spacial score (nSPS) is 11.8. The minimum Gasteiger partial charge on any atom is -0.377 e. The van der Waals surface area contributed by atoms with E-state index in [0.29, 0.717) is 17.1 Å². The molecule has 0 spiro atoms. The second kappa shape index (κ2) is 8.67. The molecule has 0 bridgehead atoms. The molecule has 0 saturated heterocycles. The zero-order chi connectivity index (χ0) is 18.3. The van der Waals surface area contributed by atoms with Gasteiger partial charge in [-0.25, -0.2) is 9.98 Å². The Balaban J connectivity index is 3.29. The average molecular weight is 326 g/mol. The van der Waals surface area contributed by atoms with Crippen LogP contribution in [0, 0.1) is 5.41 Å². The maximum atomic E-state index is 11.6. The molecule has 1 rings (SSSR count). The SMILES string of the molecule is C=NC(C)=N/C=C(\C)c1ccc(NCC(C)=O)c(C(=N)C(C)=O)c1. The van der Waals surface area contributed by atoms with Crippen molar-refractivity contribution >= 4 is 41.1 Å². The summed E-state index contributed by atoms with van der Waals surface area (Å²) in [4.78, 5) is 30.6. The second-order valence-corrected chi connectivity index (χ2v) is 5.39. The van der Waals surface area contributed by atoms with Crippen molar-refractivity contribution in [1.82, 2.24) is 0 Å². The van der Waals surface area contributed by atoms with E-state index in [1.54, 1.807) is 25.3 Å². The lowest BCUT2D eigenvalue weighted by atomic mass is 9.99. The van der Waals surface area contributed by atoms with Crippen LogP contribution in [0.3, 0.4) is 0 Å². The molecule has 0 amide bonds. The number of nitrogens with one attached hydrogen (secondary N) is 2. The van der Waals surface area contributed by atoms with Gasteiger partial charge in [0.05, 0.1) is 6.54 Å². The van der Waals surface area contributed by atoms with Crippen LogP contribution in [0.4, 0.5) is 5.69 Å². The first-order valence-corrected chi connectivity index (χ1v) is 7.41. The van der Waals surface area contributed by atoms with Crippen molar-refractivity contribution in [1.29, 1.82) is 5.41 Å². The Labute approximate surface area is 141 Å². The number of carbonyl (C=O) groups is 2. The Morgan fingerprint density at radius 2 is 1.92 bits per heavy atom. The monoisotopic (exact) mass is 326 g/mol. The number of rotatable bonds is 7. The summed E-state index contributed by atoms with van der Waals surface area (Å²) >= 11 is 0. The van der Waals surface area contributed by atoms with Crippen LogP contribution in [0.15, 0.2) is 34.4 Å². The van der Waals surface area contributed by atoms with Crippen molar-refractivity contribution in [2.75, 3.05) is 11.9 Å². The number of hydrogen-bond donors (Lipinski definition) is 2. The van der Waals surface area contributed by atoms with Crippen LogP contribution < -0.4 is 5.32 Å². The molecule has 6 heteroatoms. The van der Waals surface area contributed by atoms with Crippen molar-refractivity contribution in [2.45, 2.75) is 27.7 Å². The van der Waals surface area contributed by atoms with Crippen molar-refractivity contribution in [2.24, 2.45) is 9.98 Å². The third kappa shape index (κ3) is 5.39. The fourth-order valence-corrected chi connectivity index (χ4v) is 1.87. The van der Waals surface area contributed by atoms with E-state index in [1.165, 1.54) is 13.8 Å². The number of hydrogen-bond acceptors (Lipinski definition) is 5. The van der Waals surface area contributed by atoms with Gasteiger partial charge in [0.1, 0.15) is 17.3 Å². The highest BCUT2D eigenvalue weighted by atomic mass is 16.1. The maximum absolute atomic E-state index is 11.6. The molecule has 0 aliphatic heterocycles. The summed E-state index contributed by atoms with van der Waals surface area (Å²) in [6.45, 7) is 9.97. The van der Waals surface area contributed by atoms with E-state index in [4.69, 9.17) is 5.41 Å². The number of Topliss-reactive ketones (excluding diaryl/α,β-unsaturated/α-hetero) is 2. The standard InChI is InChI=1S/C18H22N4O2/c1-11(9-21-14(4)20-5)15-6-7-17(22-10-12(2)23)16(8-15)18(19)13(3)24/h6-9,19,22H,5,10H2,1-4H3/b11-9+,19-18?,21-14?. The molecule has 0 heterocycles. The summed E-state index contributed by atoms with van der Waals surface area (Å²) in [5, 5.41) is 11.0. The fraction of sp³-hybridized carbons (Fsp3) is 0.278. The minimum atomic E-state index is -0.343. The molecule has 24 heavy (non-hydrogen) atoms. The zero-order valence-corrected chi connectivity index (χ0v) is 14.4. The van der Waals surface area contributed by atoms with E-state index in [-0.39, 0.29) is 23.8 Å². The number of aliphatic imine (C=N–C) groups is 2. The summed E-state index contributed by atoms with van der Waals surface area (Å²) < 4.78 is 0. The second-order valence-electron chi connectivity index (χ2n) is 5.39. The lowest BCUT2D eigenvalue weighted by Gasteiger charge is -2.13. The minimum absolute atomic E-state index is 0.0304. The summed E-state index contributed by atoms with van der Waals surface area (Å²) in [5.41, 5.74) is 2.60. The van der Waals surface area contributed by atoms with Crippen LogP contribution in [0.1, 0.15) is 38.8 Å². The van der Waals surface area contributed by atoms with Gasteiger partial charge in [-0.05, 0) is 50.8 Å². The van der Waals surface area contributed by atoms with E-state index in [9.17, 15) is 9.59 Å². The van der Waals surface area contributed by atoms with E-state index in [0.717, 1.165) is 11.1 Å². The summed E-state index contributed by atoms with van der Waals surface area (Å²) in [5.74, 6) is 0.173. The van der Waals surface area contributed by atoms with Crippen molar-refractivity contribution in [3.8, 4) is 0 Å². The van der Waals surface area contributed by atoms with Crippen LogP contribution in [-0.4, -0.2) is 36.4 Å². The van der Waals surface area contributed by atoms with Crippen molar-refractivity contribution < 1.29 is 9.59 Å². The lowest BCUT2D eigenvalue weighted by molar-refractivity contribution is -0.115. The number of nitrogens with zero attached hydrogens (tertiary/aromatic N) is 2. The highest BCUT2D eigenvalue weighted by Gasteiger charge is 2.13. The van der Waals surface area contributed by atoms with Crippen molar-refractivity contribution in [3.63, 3.8) is 0 Å². The highest BCUT2D eigenvalue weighted by molar-refractivity contribution is 6.45. The summed E-state index contributed by atoms with van der Waals surface area (Å²) in [6, 6.07) is 5.34. The first-order valence-electron chi connectivity index (χ1n) is 7.41. The van der Waals surface area contributed by atoms with Gasteiger partial charge < -0.3 is 5.32 Å². The van der Waals surface area contributed by atoms with Crippen molar-refractivity contribution in [3.05, 3.63) is 35.5 Å². The topological polar surface area (TPSA) is 94.7 Å². The third-order valence-corrected chi connectivity index (χ3v) is 3.30. The molecule has 0 unspecified atom stereocenters. The van der Waals surface area contributed by atoms with E-state index in [1.807, 2.05) is 13.0 Å². The van der Waals surface area contributed by atoms with Gasteiger partial charge in [-0.3, -0.25) is 15.0 Å².